The number of hydrogen-bond acceptors (Lipinski definition) is 3. The maximum Gasteiger partial charge on any atom is 0.418 e. The van der Waals surface area contributed by atoms with Crippen molar-refractivity contribution in [1.29, 1.82) is 0 Å². The van der Waals surface area contributed by atoms with Gasteiger partial charge in [-0.3, -0.25) is 4.79 Å². The summed E-state index contributed by atoms with van der Waals surface area (Å²) < 4.78 is 48.1. The molecular formula is C22H20F3N3O2. The van der Waals surface area contributed by atoms with Crippen molar-refractivity contribution < 1.29 is 22.7 Å². The zero-order valence-corrected chi connectivity index (χ0v) is 16.0. The fraction of sp³-hybridized carbons (Fsp3) is 0.227. The Morgan fingerprint density at radius 2 is 1.57 bits per heavy atom. The second-order valence-electron chi connectivity index (χ2n) is 6.92. The van der Waals surface area contributed by atoms with Crippen molar-refractivity contribution in [3.63, 3.8) is 0 Å². The third-order valence-corrected chi connectivity index (χ3v) is 4.97. The van der Waals surface area contributed by atoms with Crippen molar-refractivity contribution in [2.75, 3.05) is 36.5 Å². The fourth-order valence-electron chi connectivity index (χ4n) is 3.38. The number of nitrogens with one attached hydrogen (secondary N) is 1. The molecule has 30 heavy (non-hydrogen) atoms. The number of alkyl halides is 3. The number of nitrogens with zero attached hydrogens (tertiary/aromatic N) is 2. The molecule has 1 amide bonds. The quantitative estimate of drug-likeness (QED) is 0.678. The van der Waals surface area contributed by atoms with E-state index in [9.17, 15) is 18.0 Å². The van der Waals surface area contributed by atoms with Crippen LogP contribution < -0.4 is 10.2 Å². The molecule has 156 valence electrons. The Kier molecular flexibility index (Phi) is 5.50. The molecule has 1 saturated heterocycles. The number of carbonyl (C=O) groups excluding carboxylic acids is 1. The average molecular weight is 415 g/mol. The molecule has 1 aliphatic heterocycles. The van der Waals surface area contributed by atoms with Gasteiger partial charge in [0.2, 0.25) is 0 Å². The number of halogens is 3. The molecule has 1 aromatic heterocycles. The highest BCUT2D eigenvalue weighted by Gasteiger charge is 2.35. The van der Waals surface area contributed by atoms with Gasteiger partial charge in [0.05, 0.1) is 24.5 Å². The third kappa shape index (κ3) is 4.33. The van der Waals surface area contributed by atoms with Crippen molar-refractivity contribution in [2.45, 2.75) is 6.18 Å². The summed E-state index contributed by atoms with van der Waals surface area (Å²) in [4.78, 5) is 14.4. The number of ether oxygens (including phenoxy) is 1. The Bertz CT molecular complexity index is 1010. The van der Waals surface area contributed by atoms with E-state index >= 15 is 0 Å². The topological polar surface area (TPSA) is 46.5 Å². The van der Waals surface area contributed by atoms with Crippen molar-refractivity contribution >= 4 is 17.3 Å². The molecule has 5 nitrogen and oxygen atoms in total. The summed E-state index contributed by atoms with van der Waals surface area (Å²) in [6.45, 7) is 1.99. The molecule has 1 N–H and O–H groups in total. The molecule has 0 radical (unpaired) electrons. The van der Waals surface area contributed by atoms with Crippen molar-refractivity contribution in [3.05, 3.63) is 78.1 Å². The molecule has 1 fully saturated rings. The summed E-state index contributed by atoms with van der Waals surface area (Å²) in [5.41, 5.74) is 0.446. The van der Waals surface area contributed by atoms with Crippen molar-refractivity contribution in [3.8, 4) is 5.69 Å². The summed E-state index contributed by atoms with van der Waals surface area (Å²) in [6.07, 6.45) is -0.870. The summed E-state index contributed by atoms with van der Waals surface area (Å²) in [7, 11) is 0. The molecule has 8 heteroatoms. The first kappa shape index (κ1) is 20.0. The number of benzene rings is 2. The van der Waals surface area contributed by atoms with E-state index in [2.05, 4.69) is 5.32 Å². The molecular weight excluding hydrogens is 395 g/mol. The van der Waals surface area contributed by atoms with Gasteiger partial charge in [0.15, 0.2) is 0 Å². The molecule has 2 heterocycles. The molecule has 0 aliphatic carbocycles. The SMILES string of the molecule is O=C(Nc1ccc(N2CCOCC2)cc1C(F)(F)F)c1ccc(-n2cccc2)cc1. The second-order valence-corrected chi connectivity index (χ2v) is 6.92. The van der Waals surface area contributed by atoms with Crippen LogP contribution >= 0.6 is 0 Å². The molecule has 2 aromatic carbocycles. The zero-order chi connectivity index (χ0) is 21.1. The van der Waals surface area contributed by atoms with E-state index in [1.54, 1.807) is 30.3 Å². The smallest absolute Gasteiger partial charge is 0.378 e. The Balaban J connectivity index is 1.56. The van der Waals surface area contributed by atoms with Crippen LogP contribution in [0.1, 0.15) is 15.9 Å². The van der Waals surface area contributed by atoms with Crippen LogP contribution in [-0.4, -0.2) is 36.8 Å². The standard InChI is InChI=1S/C22H20F3N3O2/c23-22(24,25)19-15-18(28-11-13-30-14-12-28)7-8-20(19)26-21(29)16-3-5-17(6-4-16)27-9-1-2-10-27/h1-10,15H,11-14H2,(H,26,29). The summed E-state index contributed by atoms with van der Waals surface area (Å²) in [6, 6.07) is 14.4. The van der Waals surface area contributed by atoms with Gasteiger partial charge < -0.3 is 19.5 Å². The minimum Gasteiger partial charge on any atom is -0.378 e. The molecule has 0 spiro atoms. The molecule has 0 bridgehead atoms. The van der Waals surface area contributed by atoms with E-state index in [1.165, 1.54) is 6.07 Å². The molecule has 0 atom stereocenters. The third-order valence-electron chi connectivity index (χ3n) is 4.97. The molecule has 0 saturated carbocycles. The average Bonchev–Trinajstić information content (AvgIpc) is 3.29. The highest BCUT2D eigenvalue weighted by Crippen LogP contribution is 2.37. The van der Waals surface area contributed by atoms with Crippen LogP contribution in [0.3, 0.4) is 0 Å². The number of hydrogen-bond donors (Lipinski definition) is 1. The first-order valence-electron chi connectivity index (χ1n) is 9.50. The van der Waals surface area contributed by atoms with Gasteiger partial charge in [0.1, 0.15) is 0 Å². The zero-order valence-electron chi connectivity index (χ0n) is 16.0. The van der Waals surface area contributed by atoms with Crippen LogP contribution in [0.5, 0.6) is 0 Å². The second kappa shape index (κ2) is 8.23. The van der Waals surface area contributed by atoms with E-state index < -0.39 is 17.6 Å². The number of morpholine rings is 1. The first-order valence-corrected chi connectivity index (χ1v) is 9.50. The lowest BCUT2D eigenvalue weighted by molar-refractivity contribution is -0.136. The van der Waals surface area contributed by atoms with Gasteiger partial charge in [0.25, 0.3) is 5.91 Å². The number of carbonyl (C=O) groups is 1. The summed E-state index contributed by atoms with van der Waals surface area (Å²) in [5.74, 6) is -0.598. The number of rotatable bonds is 4. The largest absolute Gasteiger partial charge is 0.418 e. The monoisotopic (exact) mass is 415 g/mol. The van der Waals surface area contributed by atoms with Gasteiger partial charge >= 0.3 is 6.18 Å². The Morgan fingerprint density at radius 1 is 0.933 bits per heavy atom. The lowest BCUT2D eigenvalue weighted by Crippen LogP contribution is -2.36. The van der Waals surface area contributed by atoms with Crippen LogP contribution in [0.2, 0.25) is 0 Å². The first-order chi connectivity index (χ1) is 14.4. The highest BCUT2D eigenvalue weighted by atomic mass is 19.4. The van der Waals surface area contributed by atoms with Crippen LogP contribution in [0.25, 0.3) is 5.69 Å². The number of anilines is 2. The van der Waals surface area contributed by atoms with Gasteiger partial charge in [-0.15, -0.1) is 0 Å². The fourth-order valence-corrected chi connectivity index (χ4v) is 3.38. The highest BCUT2D eigenvalue weighted by molar-refractivity contribution is 6.05. The van der Waals surface area contributed by atoms with Crippen LogP contribution in [0.4, 0.5) is 24.5 Å². The molecule has 3 aromatic rings. The van der Waals surface area contributed by atoms with E-state index in [-0.39, 0.29) is 11.3 Å². The van der Waals surface area contributed by atoms with Gasteiger partial charge in [-0.25, -0.2) is 0 Å². The minimum absolute atomic E-state index is 0.265. The minimum atomic E-state index is -4.59. The summed E-state index contributed by atoms with van der Waals surface area (Å²) in [5, 5.41) is 2.41. The van der Waals surface area contributed by atoms with E-state index in [1.807, 2.05) is 34.0 Å². The predicted molar refractivity (Wildman–Crippen MR) is 108 cm³/mol. The van der Waals surface area contributed by atoms with Gasteiger partial charge in [-0.05, 0) is 54.6 Å². The summed E-state index contributed by atoms with van der Waals surface area (Å²) >= 11 is 0. The van der Waals surface area contributed by atoms with E-state index in [0.29, 0.717) is 32.0 Å². The maximum atomic E-state index is 13.7. The Morgan fingerprint density at radius 3 is 2.20 bits per heavy atom. The normalized spacial score (nSPS) is 14.6. The van der Waals surface area contributed by atoms with Crippen LogP contribution in [-0.2, 0) is 10.9 Å². The van der Waals surface area contributed by atoms with Gasteiger partial charge in [-0.1, -0.05) is 0 Å². The number of aromatic nitrogens is 1. The van der Waals surface area contributed by atoms with Crippen LogP contribution in [0.15, 0.2) is 67.0 Å². The predicted octanol–water partition coefficient (Wildman–Crippen LogP) is 4.59. The Hall–Kier alpha value is -3.26. The van der Waals surface area contributed by atoms with E-state index in [4.69, 9.17) is 4.74 Å². The molecule has 4 rings (SSSR count). The van der Waals surface area contributed by atoms with E-state index in [0.717, 1.165) is 11.8 Å². The maximum absolute atomic E-state index is 13.7. The lowest BCUT2D eigenvalue weighted by atomic mass is 10.1. The molecule has 0 unspecified atom stereocenters. The lowest BCUT2D eigenvalue weighted by Gasteiger charge is -2.29. The van der Waals surface area contributed by atoms with Crippen molar-refractivity contribution in [1.82, 2.24) is 4.57 Å². The van der Waals surface area contributed by atoms with Gasteiger partial charge in [0, 0.05) is 42.4 Å². The number of amides is 1. The van der Waals surface area contributed by atoms with Crippen LogP contribution in [0, 0.1) is 0 Å². The van der Waals surface area contributed by atoms with Gasteiger partial charge in [-0.2, -0.15) is 13.2 Å². The van der Waals surface area contributed by atoms with Crippen molar-refractivity contribution in [2.24, 2.45) is 0 Å². The Labute approximate surface area is 171 Å². The molecule has 1 aliphatic rings.